The highest BCUT2D eigenvalue weighted by Gasteiger charge is 1.94. The number of thiol groups is 3. The number of halogens is 3. The molecule has 30 heavy (non-hydrogen) atoms. The lowest BCUT2D eigenvalue weighted by atomic mass is 10.2. The van der Waals surface area contributed by atoms with Crippen molar-refractivity contribution in [2.45, 2.75) is 56.2 Å². The van der Waals surface area contributed by atoms with Crippen LogP contribution in [0.3, 0.4) is 0 Å². The van der Waals surface area contributed by atoms with Gasteiger partial charge >= 0.3 is 0 Å². The summed E-state index contributed by atoms with van der Waals surface area (Å²) in [5.41, 5.74) is 7.49. The van der Waals surface area contributed by atoms with E-state index in [2.05, 4.69) is 116 Å². The fraction of sp³-hybridized carbons (Fsp3) is 0.250. The maximum absolute atomic E-state index is 4.31. The molecule has 0 heterocycles. The van der Waals surface area contributed by atoms with E-state index in [1.165, 1.54) is 33.4 Å². The molecule has 0 saturated heterocycles. The number of aryl methyl sites for hydroxylation is 6. The van der Waals surface area contributed by atoms with E-state index in [0.29, 0.717) is 0 Å². The summed E-state index contributed by atoms with van der Waals surface area (Å²) in [4.78, 5) is 3.33. The van der Waals surface area contributed by atoms with Crippen molar-refractivity contribution in [3.05, 3.63) is 88.0 Å². The monoisotopic (exact) mass is 474 g/mol. The molecule has 0 aromatic heterocycles. The van der Waals surface area contributed by atoms with Crippen molar-refractivity contribution in [2.75, 3.05) is 0 Å². The molecule has 0 radical (unpaired) electrons. The molecule has 0 bridgehead atoms. The number of benzene rings is 3. The summed E-state index contributed by atoms with van der Waals surface area (Å²) < 4.78 is 0. The van der Waals surface area contributed by atoms with E-state index in [4.69, 9.17) is 0 Å². The second kappa shape index (κ2) is 16.2. The maximum Gasteiger partial charge on any atom is 0.00985 e. The molecule has 0 atom stereocenters. The van der Waals surface area contributed by atoms with Crippen LogP contribution < -0.4 is 0 Å². The summed E-state index contributed by atoms with van der Waals surface area (Å²) in [5, 5.41) is 0. The third-order valence-electron chi connectivity index (χ3n) is 4.32. The van der Waals surface area contributed by atoms with Crippen LogP contribution in [0.1, 0.15) is 33.4 Å². The highest BCUT2D eigenvalue weighted by Crippen LogP contribution is 2.17. The van der Waals surface area contributed by atoms with Crippen LogP contribution in [0.2, 0.25) is 0 Å². The van der Waals surface area contributed by atoms with Crippen LogP contribution >= 0.6 is 37.9 Å². The topological polar surface area (TPSA) is 0 Å². The smallest absolute Gasteiger partial charge is 0.00985 e. The molecule has 0 saturated carbocycles. The minimum Gasteiger partial charge on any atom is -0.269 e. The van der Waals surface area contributed by atoms with Gasteiger partial charge in [-0.25, -0.2) is 0 Å². The Morgan fingerprint density at radius 2 is 0.500 bits per heavy atom. The molecule has 3 rings (SSSR count). The van der Waals surface area contributed by atoms with E-state index in [1.54, 1.807) is 0 Å². The Kier molecular flexibility index (Phi) is 17.9. The van der Waals surface area contributed by atoms with Crippen LogP contribution in [0.4, 0.5) is 14.1 Å². The third kappa shape index (κ3) is 10.5. The molecule has 0 spiro atoms. The Morgan fingerprint density at radius 1 is 0.367 bits per heavy atom. The summed E-state index contributed by atoms with van der Waals surface area (Å²) in [6, 6.07) is 18.5. The normalized spacial score (nSPS) is 8.70. The molecule has 0 unspecified atom stereocenters. The molecule has 0 aliphatic rings. The SMILES string of the molecule is Cc1cccc(C)c1S.Cc1cccc(C)c1S.Cc1cccc(C)c1S.F.F.F. The Labute approximate surface area is 195 Å². The summed E-state index contributed by atoms with van der Waals surface area (Å²) in [6.45, 7) is 12.4. The molecular weight excluding hydrogens is 441 g/mol. The Hall–Kier alpha value is -1.50. The minimum atomic E-state index is 0. The van der Waals surface area contributed by atoms with Crippen molar-refractivity contribution in [3.8, 4) is 0 Å². The van der Waals surface area contributed by atoms with Crippen LogP contribution in [-0.2, 0) is 0 Å². The molecule has 0 amide bonds. The lowest BCUT2D eigenvalue weighted by Crippen LogP contribution is -1.78. The van der Waals surface area contributed by atoms with Crippen molar-refractivity contribution < 1.29 is 14.1 Å². The number of rotatable bonds is 0. The zero-order valence-corrected chi connectivity index (χ0v) is 20.9. The predicted molar refractivity (Wildman–Crippen MR) is 137 cm³/mol. The first kappa shape index (κ1) is 33.1. The van der Waals surface area contributed by atoms with E-state index < -0.39 is 0 Å². The molecule has 0 fully saturated rings. The minimum absolute atomic E-state index is 0. The molecule has 6 heteroatoms. The molecule has 168 valence electrons. The van der Waals surface area contributed by atoms with Crippen molar-refractivity contribution in [2.24, 2.45) is 0 Å². The van der Waals surface area contributed by atoms with E-state index in [1.807, 2.05) is 18.2 Å². The lowest BCUT2D eigenvalue weighted by molar-refractivity contribution is 1.11. The number of hydrogen-bond donors (Lipinski definition) is 3. The van der Waals surface area contributed by atoms with Crippen molar-refractivity contribution in [3.63, 3.8) is 0 Å². The maximum atomic E-state index is 4.31. The fourth-order valence-electron chi connectivity index (χ4n) is 2.42. The van der Waals surface area contributed by atoms with Gasteiger partial charge in [0.2, 0.25) is 0 Å². The average molecular weight is 475 g/mol. The number of hydrogen-bond acceptors (Lipinski definition) is 3. The lowest BCUT2D eigenvalue weighted by Gasteiger charge is -1.99. The molecular formula is C24H33F3S3. The van der Waals surface area contributed by atoms with Gasteiger partial charge in [0, 0.05) is 14.7 Å². The second-order valence-electron chi connectivity index (χ2n) is 6.72. The molecule has 0 N–H and O–H groups in total. The molecule has 3 aromatic carbocycles. The quantitative estimate of drug-likeness (QED) is 0.269. The van der Waals surface area contributed by atoms with Crippen molar-refractivity contribution in [1.29, 1.82) is 0 Å². The van der Waals surface area contributed by atoms with Gasteiger partial charge in [0.05, 0.1) is 0 Å². The van der Waals surface area contributed by atoms with Gasteiger partial charge in [0.1, 0.15) is 0 Å². The third-order valence-corrected chi connectivity index (χ3v) is 6.43. The van der Waals surface area contributed by atoms with Crippen LogP contribution in [0.15, 0.2) is 69.3 Å². The van der Waals surface area contributed by atoms with E-state index >= 15 is 0 Å². The summed E-state index contributed by atoms with van der Waals surface area (Å²) in [6.07, 6.45) is 0. The van der Waals surface area contributed by atoms with Crippen LogP contribution in [0, 0.1) is 41.5 Å². The zero-order valence-electron chi connectivity index (χ0n) is 18.3. The first-order valence-corrected chi connectivity index (χ1v) is 10.2. The first-order valence-electron chi connectivity index (χ1n) is 8.90. The van der Waals surface area contributed by atoms with Gasteiger partial charge in [-0.3, -0.25) is 14.1 Å². The van der Waals surface area contributed by atoms with Gasteiger partial charge in [0.25, 0.3) is 0 Å². The van der Waals surface area contributed by atoms with Crippen LogP contribution in [-0.4, -0.2) is 0 Å². The van der Waals surface area contributed by atoms with E-state index in [-0.39, 0.29) is 14.1 Å². The standard InChI is InChI=1S/3C8H10S.3FH/c3*1-6-4-3-5-7(2)8(6)9;;;/h3*3-5,9H,1-2H3;3*1H. The Balaban J connectivity index is -0.000000347. The van der Waals surface area contributed by atoms with Crippen LogP contribution in [0.25, 0.3) is 0 Å². The summed E-state index contributed by atoms with van der Waals surface area (Å²) in [7, 11) is 0. The molecule has 0 aliphatic carbocycles. The molecule has 3 aromatic rings. The summed E-state index contributed by atoms with van der Waals surface area (Å²) in [5.74, 6) is 0. The van der Waals surface area contributed by atoms with Gasteiger partial charge in [-0.05, 0) is 74.9 Å². The van der Waals surface area contributed by atoms with Crippen molar-refractivity contribution in [1.82, 2.24) is 0 Å². The average Bonchev–Trinajstić information content (AvgIpc) is 2.63. The predicted octanol–water partition coefficient (Wildman–Crippen LogP) is 8.23. The zero-order chi connectivity index (χ0) is 20.6. The molecule has 0 aliphatic heterocycles. The highest BCUT2D eigenvalue weighted by molar-refractivity contribution is 7.80. The Morgan fingerprint density at radius 3 is 0.600 bits per heavy atom. The van der Waals surface area contributed by atoms with Gasteiger partial charge in [0.15, 0.2) is 0 Å². The summed E-state index contributed by atoms with van der Waals surface area (Å²) >= 11 is 12.9. The fourth-order valence-corrected chi connectivity index (χ4v) is 2.86. The largest absolute Gasteiger partial charge is 0.269 e. The first-order chi connectivity index (χ1) is 12.6. The Bertz CT molecular complexity index is 718. The van der Waals surface area contributed by atoms with E-state index in [9.17, 15) is 0 Å². The van der Waals surface area contributed by atoms with E-state index in [0.717, 1.165) is 14.7 Å². The van der Waals surface area contributed by atoms with Gasteiger partial charge in [-0.2, -0.15) is 0 Å². The van der Waals surface area contributed by atoms with Gasteiger partial charge in [-0.1, -0.05) is 54.6 Å². The molecule has 0 nitrogen and oxygen atoms in total. The second-order valence-corrected chi connectivity index (χ2v) is 8.06. The highest BCUT2D eigenvalue weighted by atomic mass is 32.1. The van der Waals surface area contributed by atoms with Gasteiger partial charge in [-0.15, -0.1) is 37.9 Å². The van der Waals surface area contributed by atoms with Gasteiger partial charge < -0.3 is 0 Å². The van der Waals surface area contributed by atoms with Crippen molar-refractivity contribution >= 4 is 37.9 Å². The van der Waals surface area contributed by atoms with Crippen LogP contribution in [0.5, 0.6) is 0 Å².